The Morgan fingerprint density at radius 3 is 2.44 bits per heavy atom. The van der Waals surface area contributed by atoms with E-state index in [1.165, 1.54) is 56.1 Å². The van der Waals surface area contributed by atoms with Gasteiger partial charge in [-0.3, -0.25) is 11.2 Å². The molecule has 0 bridgehead atoms. The van der Waals surface area contributed by atoms with Crippen molar-refractivity contribution < 1.29 is 0 Å². The number of aliphatic imine (C=N–C) groups is 1. The van der Waals surface area contributed by atoms with Gasteiger partial charge in [-0.1, -0.05) is 37.5 Å². The van der Waals surface area contributed by atoms with Crippen molar-refractivity contribution in [3.05, 3.63) is 34.9 Å². The van der Waals surface area contributed by atoms with Gasteiger partial charge < -0.3 is 11.1 Å². The minimum Gasteiger partial charge on any atom is -0.369 e. The summed E-state index contributed by atoms with van der Waals surface area (Å²) in [5.41, 5.74) is 21.6. The molecule has 6 heteroatoms. The highest BCUT2D eigenvalue weighted by Gasteiger charge is 2.32. The van der Waals surface area contributed by atoms with Crippen LogP contribution in [0.4, 0.5) is 0 Å². The van der Waals surface area contributed by atoms with Gasteiger partial charge in [0.05, 0.1) is 0 Å². The summed E-state index contributed by atoms with van der Waals surface area (Å²) in [6.07, 6.45) is 11.5. The van der Waals surface area contributed by atoms with Crippen LogP contribution >= 0.6 is 0 Å². The largest absolute Gasteiger partial charge is 0.369 e. The first-order valence-electron chi connectivity index (χ1n) is 9.68. The van der Waals surface area contributed by atoms with E-state index in [4.69, 9.17) is 11.5 Å². The molecule has 1 heterocycles. The normalized spacial score (nSPS) is 30.3. The molecular formula is C19H30N6. The Kier molecular flexibility index (Phi) is 4.67. The quantitative estimate of drug-likeness (QED) is 0.534. The third kappa shape index (κ3) is 3.66. The summed E-state index contributed by atoms with van der Waals surface area (Å²) in [6.45, 7) is 0. The SMILES string of the molecule is NC1=NC(N)(c2ccc3c(c2)CCC(NC2CCCCC2)CC3)NN1. The molecule has 1 saturated carbocycles. The summed E-state index contributed by atoms with van der Waals surface area (Å²) in [5, 5.41) is 3.93. The maximum atomic E-state index is 6.34. The van der Waals surface area contributed by atoms with Gasteiger partial charge in [-0.25, -0.2) is 4.99 Å². The highest BCUT2D eigenvalue weighted by atomic mass is 15.6. The first-order chi connectivity index (χ1) is 12.1. The number of nitrogens with one attached hydrogen (secondary N) is 3. The van der Waals surface area contributed by atoms with Gasteiger partial charge in [-0.2, -0.15) is 5.43 Å². The van der Waals surface area contributed by atoms with Crippen molar-refractivity contribution in [2.24, 2.45) is 16.5 Å². The van der Waals surface area contributed by atoms with Crippen molar-refractivity contribution in [1.29, 1.82) is 0 Å². The lowest BCUT2D eigenvalue weighted by Gasteiger charge is -2.28. The molecule has 1 fully saturated rings. The molecule has 3 aliphatic rings. The van der Waals surface area contributed by atoms with E-state index in [0.29, 0.717) is 12.0 Å². The van der Waals surface area contributed by atoms with Gasteiger partial charge in [0, 0.05) is 17.6 Å². The van der Waals surface area contributed by atoms with Gasteiger partial charge in [-0.15, -0.1) is 0 Å². The molecule has 4 rings (SSSR count). The predicted octanol–water partition coefficient (Wildman–Crippen LogP) is 1.35. The Bertz CT molecular complexity index is 651. The molecule has 7 N–H and O–H groups in total. The molecule has 2 atom stereocenters. The molecule has 2 unspecified atom stereocenters. The summed E-state index contributed by atoms with van der Waals surface area (Å²) in [6, 6.07) is 7.85. The lowest BCUT2D eigenvalue weighted by atomic mass is 9.94. The third-order valence-electron chi connectivity index (χ3n) is 5.93. The fourth-order valence-corrected chi connectivity index (χ4v) is 4.45. The molecular weight excluding hydrogens is 312 g/mol. The van der Waals surface area contributed by atoms with E-state index in [2.05, 4.69) is 39.4 Å². The van der Waals surface area contributed by atoms with Crippen LogP contribution in [0.25, 0.3) is 0 Å². The number of rotatable bonds is 3. The lowest BCUT2D eigenvalue weighted by Crippen LogP contribution is -2.50. The van der Waals surface area contributed by atoms with E-state index in [0.717, 1.165) is 24.4 Å². The zero-order chi connectivity index (χ0) is 17.3. The molecule has 0 radical (unpaired) electrons. The molecule has 0 saturated heterocycles. The number of hydrogen-bond donors (Lipinski definition) is 5. The number of hydrazine groups is 1. The molecule has 1 aromatic carbocycles. The average Bonchev–Trinajstić information content (AvgIpc) is 2.86. The smallest absolute Gasteiger partial charge is 0.209 e. The molecule has 0 spiro atoms. The van der Waals surface area contributed by atoms with E-state index in [-0.39, 0.29) is 0 Å². The van der Waals surface area contributed by atoms with Crippen LogP contribution in [0.5, 0.6) is 0 Å². The number of nitrogens with two attached hydrogens (primary N) is 2. The van der Waals surface area contributed by atoms with Crippen LogP contribution < -0.4 is 27.6 Å². The Hall–Kier alpha value is -1.63. The van der Waals surface area contributed by atoms with Crippen molar-refractivity contribution in [1.82, 2.24) is 16.2 Å². The fourth-order valence-electron chi connectivity index (χ4n) is 4.45. The molecule has 0 aromatic heterocycles. The summed E-state index contributed by atoms with van der Waals surface area (Å²) < 4.78 is 0. The van der Waals surface area contributed by atoms with Gasteiger partial charge in [0.25, 0.3) is 0 Å². The van der Waals surface area contributed by atoms with Crippen LogP contribution in [0, 0.1) is 0 Å². The minimum absolute atomic E-state index is 0.328. The standard InChI is InChI=1S/C19H30N6/c20-18-23-19(21,25-24-18)15-9-6-13-7-10-17(11-8-14(13)12-15)22-16-4-2-1-3-5-16/h6,9,12,16-17,22,25H,1-5,7-8,10-11,21H2,(H3,20,23,24). The monoisotopic (exact) mass is 342 g/mol. The minimum atomic E-state index is -0.967. The van der Waals surface area contributed by atoms with Crippen LogP contribution in [0.15, 0.2) is 23.2 Å². The Morgan fingerprint density at radius 2 is 1.72 bits per heavy atom. The summed E-state index contributed by atoms with van der Waals surface area (Å²) in [4.78, 5) is 4.29. The number of guanidine groups is 1. The van der Waals surface area contributed by atoms with Crippen LogP contribution in [0.1, 0.15) is 61.6 Å². The van der Waals surface area contributed by atoms with Crippen LogP contribution in [-0.2, 0) is 18.6 Å². The van der Waals surface area contributed by atoms with Crippen molar-refractivity contribution in [2.45, 2.75) is 75.7 Å². The maximum absolute atomic E-state index is 6.34. The van der Waals surface area contributed by atoms with Crippen molar-refractivity contribution in [2.75, 3.05) is 0 Å². The van der Waals surface area contributed by atoms with Gasteiger partial charge in [0.2, 0.25) is 11.7 Å². The Labute approximate surface area is 149 Å². The molecule has 136 valence electrons. The highest BCUT2D eigenvalue weighted by Crippen LogP contribution is 2.27. The molecule has 1 aliphatic heterocycles. The molecule has 25 heavy (non-hydrogen) atoms. The first kappa shape index (κ1) is 16.8. The molecule has 2 aliphatic carbocycles. The Balaban J connectivity index is 1.45. The number of fused-ring (bicyclic) bond motifs is 1. The van der Waals surface area contributed by atoms with Crippen LogP contribution in [-0.4, -0.2) is 18.0 Å². The second-order valence-electron chi connectivity index (χ2n) is 7.77. The first-order valence-corrected chi connectivity index (χ1v) is 9.68. The van der Waals surface area contributed by atoms with Gasteiger partial charge in [-0.05, 0) is 49.7 Å². The molecule has 6 nitrogen and oxygen atoms in total. The third-order valence-corrected chi connectivity index (χ3v) is 5.93. The second kappa shape index (κ2) is 6.94. The number of aryl methyl sites for hydroxylation is 2. The number of benzene rings is 1. The van der Waals surface area contributed by atoms with Crippen LogP contribution in [0.2, 0.25) is 0 Å². The van der Waals surface area contributed by atoms with Crippen molar-refractivity contribution in [3.8, 4) is 0 Å². The van der Waals surface area contributed by atoms with Gasteiger partial charge in [0.1, 0.15) is 0 Å². The van der Waals surface area contributed by atoms with E-state index >= 15 is 0 Å². The fraction of sp³-hybridized carbons (Fsp3) is 0.632. The maximum Gasteiger partial charge on any atom is 0.209 e. The van der Waals surface area contributed by atoms with Gasteiger partial charge >= 0.3 is 0 Å². The summed E-state index contributed by atoms with van der Waals surface area (Å²) >= 11 is 0. The van der Waals surface area contributed by atoms with Crippen molar-refractivity contribution in [3.63, 3.8) is 0 Å². The lowest BCUT2D eigenvalue weighted by molar-refractivity contribution is 0.321. The summed E-state index contributed by atoms with van der Waals surface area (Å²) in [5.74, 6) is -0.639. The predicted molar refractivity (Wildman–Crippen MR) is 101 cm³/mol. The highest BCUT2D eigenvalue weighted by molar-refractivity contribution is 5.79. The zero-order valence-corrected chi connectivity index (χ0v) is 14.9. The molecule has 0 amide bonds. The Morgan fingerprint density at radius 1 is 1.00 bits per heavy atom. The summed E-state index contributed by atoms with van der Waals surface area (Å²) in [7, 11) is 0. The average molecular weight is 342 g/mol. The van der Waals surface area contributed by atoms with E-state index in [9.17, 15) is 0 Å². The van der Waals surface area contributed by atoms with Crippen LogP contribution in [0.3, 0.4) is 0 Å². The topological polar surface area (TPSA) is 100 Å². The van der Waals surface area contributed by atoms with E-state index in [1.54, 1.807) is 0 Å². The van der Waals surface area contributed by atoms with Gasteiger partial charge in [0.15, 0.2) is 0 Å². The second-order valence-corrected chi connectivity index (χ2v) is 7.77. The van der Waals surface area contributed by atoms with E-state index in [1.807, 2.05) is 0 Å². The van der Waals surface area contributed by atoms with E-state index < -0.39 is 5.79 Å². The molecule has 1 aromatic rings. The van der Waals surface area contributed by atoms with Crippen molar-refractivity contribution >= 4 is 5.96 Å². The number of hydrogen-bond acceptors (Lipinski definition) is 6. The number of nitrogens with zero attached hydrogens (tertiary/aromatic N) is 1. The zero-order valence-electron chi connectivity index (χ0n) is 14.9.